The molecule has 0 saturated carbocycles. The lowest BCUT2D eigenvalue weighted by Crippen LogP contribution is -2.55. The maximum absolute atomic E-state index is 15.2. The molecule has 4 rings (SSSR count). The third kappa shape index (κ3) is 7.27. The van der Waals surface area contributed by atoms with Gasteiger partial charge >= 0.3 is 5.97 Å². The minimum Gasteiger partial charge on any atom is -0.481 e. The first-order valence-corrected chi connectivity index (χ1v) is 14.8. The van der Waals surface area contributed by atoms with Gasteiger partial charge in [-0.15, -0.1) is 0 Å². The Balaban J connectivity index is 1.35. The molecule has 2 heterocycles. The third-order valence-electron chi connectivity index (χ3n) is 8.61. The number of amidine groups is 1. The molecule has 0 radical (unpaired) electrons. The molecule has 2 aliphatic rings. The SMILES string of the molecule is CCC(C(=O)N1CCC(CC(=O)O)CC1)C(C)(C)NC(=O)c1ccc(C(=N)N2CCN(c3ccccc3)CC2)cc1F. The number of aliphatic carboxylic acids is 1. The van der Waals surface area contributed by atoms with Crippen LogP contribution in [0.15, 0.2) is 48.5 Å². The monoisotopic (exact) mass is 579 g/mol. The lowest BCUT2D eigenvalue weighted by molar-refractivity contribution is -0.140. The zero-order valence-corrected chi connectivity index (χ0v) is 24.7. The van der Waals surface area contributed by atoms with Crippen molar-refractivity contribution in [3.8, 4) is 0 Å². The molecule has 1 atom stereocenters. The Labute approximate surface area is 247 Å². The largest absolute Gasteiger partial charge is 0.481 e. The third-order valence-corrected chi connectivity index (χ3v) is 8.61. The highest BCUT2D eigenvalue weighted by atomic mass is 19.1. The van der Waals surface area contributed by atoms with Crippen molar-refractivity contribution >= 4 is 29.3 Å². The summed E-state index contributed by atoms with van der Waals surface area (Å²) < 4.78 is 15.2. The molecule has 0 bridgehead atoms. The Kier molecular flexibility index (Phi) is 9.85. The summed E-state index contributed by atoms with van der Waals surface area (Å²) in [6.45, 7) is 9.17. The van der Waals surface area contributed by atoms with E-state index < -0.39 is 29.2 Å². The Hall–Kier alpha value is -3.95. The number of piperazine rings is 1. The number of carboxylic acids is 1. The van der Waals surface area contributed by atoms with E-state index in [2.05, 4.69) is 22.3 Å². The molecule has 2 aliphatic heterocycles. The summed E-state index contributed by atoms with van der Waals surface area (Å²) in [6, 6.07) is 14.3. The molecular formula is C32H42FN5O4. The lowest BCUT2D eigenvalue weighted by atomic mass is 9.82. The second-order valence-electron chi connectivity index (χ2n) is 11.9. The molecule has 3 N–H and O–H groups in total. The first kappa shape index (κ1) is 31.0. The summed E-state index contributed by atoms with van der Waals surface area (Å²) in [7, 11) is 0. The van der Waals surface area contributed by atoms with Gasteiger partial charge in [0.05, 0.1) is 11.5 Å². The minimum absolute atomic E-state index is 0.0608. The number of carbonyl (C=O) groups is 3. The number of nitrogens with zero attached hydrogens (tertiary/aromatic N) is 3. The first-order valence-electron chi connectivity index (χ1n) is 14.8. The van der Waals surface area contributed by atoms with E-state index in [0.717, 1.165) is 18.8 Å². The van der Waals surface area contributed by atoms with E-state index >= 15 is 4.39 Å². The van der Waals surface area contributed by atoms with E-state index in [1.165, 1.54) is 12.1 Å². The van der Waals surface area contributed by atoms with Crippen LogP contribution in [0.4, 0.5) is 10.1 Å². The van der Waals surface area contributed by atoms with E-state index in [4.69, 9.17) is 10.5 Å². The second-order valence-corrected chi connectivity index (χ2v) is 11.9. The summed E-state index contributed by atoms with van der Waals surface area (Å²) in [6.07, 6.45) is 1.86. The van der Waals surface area contributed by atoms with Crippen LogP contribution in [0.5, 0.6) is 0 Å². The maximum atomic E-state index is 15.2. The van der Waals surface area contributed by atoms with Gasteiger partial charge in [-0.3, -0.25) is 19.8 Å². The molecule has 2 amide bonds. The summed E-state index contributed by atoms with van der Waals surface area (Å²) in [5.74, 6) is -2.49. The van der Waals surface area contributed by atoms with Gasteiger partial charge in [0.15, 0.2) is 0 Å². The first-order chi connectivity index (χ1) is 20.0. The molecule has 2 saturated heterocycles. The summed E-state index contributed by atoms with van der Waals surface area (Å²) in [5.41, 5.74) is 0.465. The van der Waals surface area contributed by atoms with E-state index in [9.17, 15) is 14.4 Å². The topological polar surface area (TPSA) is 117 Å². The molecule has 1 unspecified atom stereocenters. The quantitative estimate of drug-likeness (QED) is 0.303. The number of hydrogen-bond acceptors (Lipinski definition) is 5. The fraction of sp³-hybridized carbons (Fsp3) is 0.500. The molecule has 2 fully saturated rings. The van der Waals surface area contributed by atoms with Gasteiger partial charge < -0.3 is 25.1 Å². The molecule has 10 heteroatoms. The van der Waals surface area contributed by atoms with E-state index in [0.29, 0.717) is 51.0 Å². The molecule has 226 valence electrons. The van der Waals surface area contributed by atoms with Gasteiger partial charge in [-0.1, -0.05) is 31.2 Å². The number of hydrogen-bond donors (Lipinski definition) is 3. The number of para-hydroxylation sites is 1. The number of carbonyl (C=O) groups excluding carboxylic acids is 2. The van der Waals surface area contributed by atoms with Gasteiger partial charge in [0.25, 0.3) is 5.91 Å². The van der Waals surface area contributed by atoms with E-state index in [1.54, 1.807) is 24.8 Å². The lowest BCUT2D eigenvalue weighted by Gasteiger charge is -2.39. The van der Waals surface area contributed by atoms with Gasteiger partial charge in [0.2, 0.25) is 5.91 Å². The number of amides is 2. The highest BCUT2D eigenvalue weighted by Gasteiger charge is 2.39. The number of carboxylic acid groups (broad SMARTS) is 1. The zero-order chi connectivity index (χ0) is 30.4. The Morgan fingerprint density at radius 3 is 2.21 bits per heavy atom. The number of benzene rings is 2. The molecule has 9 nitrogen and oxygen atoms in total. The van der Waals surface area contributed by atoms with Gasteiger partial charge in [0.1, 0.15) is 11.7 Å². The van der Waals surface area contributed by atoms with E-state index in [1.807, 2.05) is 30.0 Å². The number of halogens is 1. The van der Waals surface area contributed by atoms with Crippen molar-refractivity contribution in [3.05, 3.63) is 65.5 Å². The highest BCUT2D eigenvalue weighted by molar-refractivity contribution is 5.99. The average Bonchev–Trinajstić information content (AvgIpc) is 2.97. The zero-order valence-electron chi connectivity index (χ0n) is 24.7. The van der Waals surface area contributed by atoms with Crippen molar-refractivity contribution in [1.82, 2.24) is 15.1 Å². The number of likely N-dealkylation sites (tertiary alicyclic amines) is 1. The molecular weight excluding hydrogens is 537 g/mol. The van der Waals surface area contributed by atoms with Gasteiger partial charge in [-0.05, 0) is 63.3 Å². The standard InChI is InChI=1S/C32H42FN5O4/c1-4-26(31(42)38-14-12-22(13-15-38)20-28(39)40)32(2,3)35-30(41)25-11-10-23(21-27(25)33)29(34)37-18-16-36(17-19-37)24-8-6-5-7-9-24/h5-11,21-22,26,34H,4,12-20H2,1-3H3,(H,35,41)(H,39,40). The van der Waals surface area contributed by atoms with Crippen LogP contribution >= 0.6 is 0 Å². The van der Waals surface area contributed by atoms with Crippen molar-refractivity contribution in [3.63, 3.8) is 0 Å². The van der Waals surface area contributed by atoms with Crippen LogP contribution in [0.1, 0.15) is 62.4 Å². The van der Waals surface area contributed by atoms with Gasteiger partial charge in [0, 0.05) is 62.5 Å². The van der Waals surface area contributed by atoms with E-state index in [-0.39, 0.29) is 29.6 Å². The Morgan fingerprint density at radius 2 is 1.64 bits per heavy atom. The predicted molar refractivity (Wildman–Crippen MR) is 160 cm³/mol. The number of anilines is 1. The van der Waals surface area contributed by atoms with Gasteiger partial charge in [-0.25, -0.2) is 4.39 Å². The van der Waals surface area contributed by atoms with Crippen molar-refractivity contribution in [1.29, 1.82) is 5.41 Å². The number of nitrogens with one attached hydrogen (secondary N) is 2. The second kappa shape index (κ2) is 13.4. The van der Waals surface area contributed by atoms with Crippen LogP contribution in [0.2, 0.25) is 0 Å². The van der Waals surface area contributed by atoms with Crippen LogP contribution in [0.25, 0.3) is 0 Å². The van der Waals surface area contributed by atoms with Crippen LogP contribution in [0, 0.1) is 23.1 Å². The molecule has 0 aromatic heterocycles. The highest BCUT2D eigenvalue weighted by Crippen LogP contribution is 2.28. The molecule has 2 aromatic carbocycles. The predicted octanol–water partition coefficient (Wildman–Crippen LogP) is 4.22. The smallest absolute Gasteiger partial charge is 0.303 e. The normalized spacial score (nSPS) is 17.1. The minimum atomic E-state index is -0.947. The van der Waals surface area contributed by atoms with Crippen LogP contribution in [-0.2, 0) is 9.59 Å². The van der Waals surface area contributed by atoms with Gasteiger partial charge in [-0.2, -0.15) is 0 Å². The van der Waals surface area contributed by atoms with Crippen molar-refractivity contribution in [2.45, 2.75) is 52.0 Å². The average molecular weight is 580 g/mol. The van der Waals surface area contributed by atoms with Crippen LogP contribution in [-0.4, -0.2) is 83.3 Å². The van der Waals surface area contributed by atoms with Crippen molar-refractivity contribution in [2.75, 3.05) is 44.2 Å². The van der Waals surface area contributed by atoms with Crippen LogP contribution in [0.3, 0.4) is 0 Å². The fourth-order valence-corrected chi connectivity index (χ4v) is 6.12. The van der Waals surface area contributed by atoms with Crippen molar-refractivity contribution < 1.29 is 23.9 Å². The molecule has 42 heavy (non-hydrogen) atoms. The Morgan fingerprint density at radius 1 is 1.00 bits per heavy atom. The number of rotatable bonds is 9. The molecule has 0 aliphatic carbocycles. The summed E-state index contributed by atoms with van der Waals surface area (Å²) in [5, 5.41) is 20.6. The van der Waals surface area contributed by atoms with Crippen LogP contribution < -0.4 is 10.2 Å². The summed E-state index contributed by atoms with van der Waals surface area (Å²) >= 11 is 0. The fourth-order valence-electron chi connectivity index (χ4n) is 6.12. The Bertz CT molecular complexity index is 1290. The molecule has 2 aromatic rings. The van der Waals surface area contributed by atoms with Crippen molar-refractivity contribution in [2.24, 2.45) is 11.8 Å². The maximum Gasteiger partial charge on any atom is 0.303 e. The molecule has 0 spiro atoms. The summed E-state index contributed by atoms with van der Waals surface area (Å²) in [4.78, 5) is 43.6. The number of piperidine rings is 1.